The molecule has 2 aromatic rings. The standard InChI is InChI=1S/C13H15N3O2S2/c14-8-1-2-10-11(5-8)20-13(16-10)19-7-12(17)15-9-3-4-18-6-9/h1-2,5,9H,3-4,6-7,14H2,(H,15,17)/t9-/m0/s1. The monoisotopic (exact) mass is 309 g/mol. The molecule has 1 aromatic carbocycles. The van der Waals surface area contributed by atoms with Crippen molar-refractivity contribution in [2.75, 3.05) is 24.7 Å². The largest absolute Gasteiger partial charge is 0.399 e. The zero-order valence-electron chi connectivity index (χ0n) is 10.8. The first-order valence-electron chi connectivity index (χ1n) is 6.37. The number of thiazole rings is 1. The Labute approximate surface area is 124 Å². The van der Waals surface area contributed by atoms with Crippen molar-refractivity contribution in [1.82, 2.24) is 10.3 Å². The third-order valence-electron chi connectivity index (χ3n) is 3.01. The number of amides is 1. The predicted molar refractivity (Wildman–Crippen MR) is 82.1 cm³/mol. The van der Waals surface area contributed by atoms with Crippen molar-refractivity contribution in [2.24, 2.45) is 0 Å². The Hall–Kier alpha value is -1.31. The van der Waals surface area contributed by atoms with Gasteiger partial charge in [0.1, 0.15) is 0 Å². The van der Waals surface area contributed by atoms with Crippen LogP contribution in [0.1, 0.15) is 6.42 Å². The van der Waals surface area contributed by atoms with Gasteiger partial charge in [-0.05, 0) is 24.6 Å². The van der Waals surface area contributed by atoms with Crippen molar-refractivity contribution in [1.29, 1.82) is 0 Å². The lowest BCUT2D eigenvalue weighted by atomic mass is 10.3. The van der Waals surface area contributed by atoms with Crippen LogP contribution < -0.4 is 11.1 Å². The van der Waals surface area contributed by atoms with Gasteiger partial charge in [-0.3, -0.25) is 4.79 Å². The minimum absolute atomic E-state index is 0.0317. The number of aromatic nitrogens is 1. The predicted octanol–water partition coefficient (Wildman–Crippen LogP) is 1.88. The van der Waals surface area contributed by atoms with Crippen LogP contribution in [0.5, 0.6) is 0 Å². The van der Waals surface area contributed by atoms with Gasteiger partial charge < -0.3 is 15.8 Å². The van der Waals surface area contributed by atoms with Crippen LogP contribution >= 0.6 is 23.1 Å². The minimum atomic E-state index is 0.0317. The van der Waals surface area contributed by atoms with Crippen molar-refractivity contribution in [3.63, 3.8) is 0 Å². The van der Waals surface area contributed by atoms with Crippen LogP contribution in [0.15, 0.2) is 22.5 Å². The Morgan fingerprint density at radius 2 is 2.50 bits per heavy atom. The molecule has 1 atom stereocenters. The van der Waals surface area contributed by atoms with E-state index >= 15 is 0 Å². The number of ether oxygens (including phenoxy) is 1. The summed E-state index contributed by atoms with van der Waals surface area (Å²) in [5.74, 6) is 0.412. The van der Waals surface area contributed by atoms with Crippen molar-refractivity contribution in [3.05, 3.63) is 18.2 Å². The molecule has 7 heteroatoms. The third-order valence-corrected chi connectivity index (χ3v) is 5.18. The summed E-state index contributed by atoms with van der Waals surface area (Å²) in [6, 6.07) is 5.82. The summed E-state index contributed by atoms with van der Waals surface area (Å²) in [6.07, 6.45) is 0.900. The molecule has 1 saturated heterocycles. The third kappa shape index (κ3) is 3.23. The van der Waals surface area contributed by atoms with Crippen LogP contribution in [0.3, 0.4) is 0 Å². The maximum absolute atomic E-state index is 11.8. The van der Waals surface area contributed by atoms with E-state index in [9.17, 15) is 4.79 Å². The van der Waals surface area contributed by atoms with Gasteiger partial charge in [-0.15, -0.1) is 11.3 Å². The van der Waals surface area contributed by atoms with Crippen LogP contribution in [0.4, 0.5) is 5.69 Å². The van der Waals surface area contributed by atoms with Crippen LogP contribution in [0, 0.1) is 0 Å². The molecule has 20 heavy (non-hydrogen) atoms. The van der Waals surface area contributed by atoms with E-state index in [-0.39, 0.29) is 11.9 Å². The molecular weight excluding hydrogens is 294 g/mol. The number of carbonyl (C=O) groups is 1. The Bertz CT molecular complexity index is 623. The molecular formula is C13H15N3O2S2. The normalized spacial score (nSPS) is 18.5. The summed E-state index contributed by atoms with van der Waals surface area (Å²) in [6.45, 7) is 1.36. The van der Waals surface area contributed by atoms with Gasteiger partial charge in [0.25, 0.3) is 0 Å². The molecule has 0 spiro atoms. The highest BCUT2D eigenvalue weighted by Crippen LogP contribution is 2.30. The molecule has 0 aliphatic carbocycles. The molecule has 3 N–H and O–H groups in total. The number of carbonyl (C=O) groups excluding carboxylic acids is 1. The Balaban J connectivity index is 1.57. The molecule has 0 unspecified atom stereocenters. The molecule has 0 saturated carbocycles. The first-order valence-corrected chi connectivity index (χ1v) is 8.17. The highest BCUT2D eigenvalue weighted by Gasteiger charge is 2.18. The fourth-order valence-corrected chi connectivity index (χ4v) is 3.95. The molecule has 1 fully saturated rings. The van der Waals surface area contributed by atoms with E-state index in [1.54, 1.807) is 11.3 Å². The number of benzene rings is 1. The van der Waals surface area contributed by atoms with Gasteiger partial charge in [-0.25, -0.2) is 4.98 Å². The lowest BCUT2D eigenvalue weighted by Crippen LogP contribution is -2.36. The minimum Gasteiger partial charge on any atom is -0.399 e. The average Bonchev–Trinajstić information content (AvgIpc) is 3.04. The number of nitrogens with zero attached hydrogens (tertiary/aromatic N) is 1. The van der Waals surface area contributed by atoms with E-state index in [0.29, 0.717) is 12.4 Å². The molecule has 1 amide bonds. The van der Waals surface area contributed by atoms with Crippen LogP contribution in [-0.2, 0) is 9.53 Å². The fraction of sp³-hybridized carbons (Fsp3) is 0.385. The number of hydrogen-bond donors (Lipinski definition) is 2. The number of rotatable bonds is 4. The number of nitrogens with one attached hydrogen (secondary N) is 1. The molecule has 2 heterocycles. The van der Waals surface area contributed by atoms with E-state index in [1.165, 1.54) is 11.8 Å². The summed E-state index contributed by atoms with van der Waals surface area (Å²) in [5, 5.41) is 2.96. The van der Waals surface area contributed by atoms with Crippen molar-refractivity contribution >= 4 is 44.9 Å². The smallest absolute Gasteiger partial charge is 0.230 e. The molecule has 0 radical (unpaired) electrons. The average molecular weight is 309 g/mol. The number of thioether (sulfide) groups is 1. The number of anilines is 1. The topological polar surface area (TPSA) is 77.2 Å². The van der Waals surface area contributed by atoms with Gasteiger partial charge >= 0.3 is 0 Å². The maximum Gasteiger partial charge on any atom is 0.230 e. The molecule has 1 aliphatic rings. The van der Waals surface area contributed by atoms with Gasteiger partial charge in [0.05, 0.1) is 28.6 Å². The summed E-state index contributed by atoms with van der Waals surface area (Å²) >= 11 is 3.02. The second-order valence-electron chi connectivity index (χ2n) is 4.62. The van der Waals surface area contributed by atoms with Crippen molar-refractivity contribution in [2.45, 2.75) is 16.8 Å². The summed E-state index contributed by atoms with van der Waals surface area (Å²) < 4.78 is 7.17. The summed E-state index contributed by atoms with van der Waals surface area (Å²) in [5.41, 5.74) is 7.40. The first kappa shape index (κ1) is 13.7. The van der Waals surface area contributed by atoms with Gasteiger partial charge in [-0.1, -0.05) is 11.8 Å². The van der Waals surface area contributed by atoms with Gasteiger partial charge in [0.2, 0.25) is 5.91 Å². The molecule has 106 valence electrons. The zero-order chi connectivity index (χ0) is 13.9. The maximum atomic E-state index is 11.8. The SMILES string of the molecule is Nc1ccc2nc(SCC(=O)N[C@H]3CCOC3)sc2c1. The molecule has 1 aromatic heterocycles. The highest BCUT2D eigenvalue weighted by molar-refractivity contribution is 8.01. The number of fused-ring (bicyclic) bond motifs is 1. The first-order chi connectivity index (χ1) is 9.70. The van der Waals surface area contributed by atoms with E-state index < -0.39 is 0 Å². The van der Waals surface area contributed by atoms with E-state index in [2.05, 4.69) is 10.3 Å². The Kier molecular flexibility index (Phi) is 4.09. The van der Waals surface area contributed by atoms with E-state index in [1.807, 2.05) is 18.2 Å². The lowest BCUT2D eigenvalue weighted by Gasteiger charge is -2.09. The fourth-order valence-electron chi connectivity index (χ4n) is 2.03. The van der Waals surface area contributed by atoms with Crippen LogP contribution in [-0.4, -0.2) is 35.9 Å². The second-order valence-corrected chi connectivity index (χ2v) is 6.88. The Morgan fingerprint density at radius 3 is 3.30 bits per heavy atom. The zero-order valence-corrected chi connectivity index (χ0v) is 12.4. The van der Waals surface area contributed by atoms with Crippen LogP contribution in [0.2, 0.25) is 0 Å². The van der Waals surface area contributed by atoms with Gasteiger partial charge in [0.15, 0.2) is 4.34 Å². The van der Waals surface area contributed by atoms with Crippen molar-refractivity contribution in [3.8, 4) is 0 Å². The second kappa shape index (κ2) is 5.99. The quantitative estimate of drug-likeness (QED) is 0.666. The van der Waals surface area contributed by atoms with Gasteiger partial charge in [-0.2, -0.15) is 0 Å². The van der Waals surface area contributed by atoms with Crippen molar-refractivity contribution < 1.29 is 9.53 Å². The van der Waals surface area contributed by atoms with E-state index in [0.717, 1.165) is 33.3 Å². The molecule has 3 rings (SSSR count). The van der Waals surface area contributed by atoms with Gasteiger partial charge in [0, 0.05) is 12.3 Å². The van der Waals surface area contributed by atoms with Crippen LogP contribution in [0.25, 0.3) is 10.2 Å². The number of nitrogens with two attached hydrogens (primary N) is 1. The highest BCUT2D eigenvalue weighted by atomic mass is 32.2. The Morgan fingerprint density at radius 1 is 1.60 bits per heavy atom. The summed E-state index contributed by atoms with van der Waals surface area (Å²) in [4.78, 5) is 16.3. The number of nitrogen functional groups attached to an aromatic ring is 1. The lowest BCUT2D eigenvalue weighted by molar-refractivity contribution is -0.119. The number of hydrogen-bond acceptors (Lipinski definition) is 6. The summed E-state index contributed by atoms with van der Waals surface area (Å²) in [7, 11) is 0. The van der Waals surface area contributed by atoms with E-state index in [4.69, 9.17) is 10.5 Å². The molecule has 0 bridgehead atoms. The molecule has 5 nitrogen and oxygen atoms in total. The molecule has 1 aliphatic heterocycles.